The first-order chi connectivity index (χ1) is 10.3. The summed E-state index contributed by atoms with van der Waals surface area (Å²) < 4.78 is 11.7. The van der Waals surface area contributed by atoms with Crippen LogP contribution in [-0.2, 0) is 6.54 Å². The van der Waals surface area contributed by atoms with Crippen molar-refractivity contribution in [3.05, 3.63) is 42.2 Å². The molecule has 0 spiro atoms. The maximum atomic E-state index is 5.38. The van der Waals surface area contributed by atoms with Gasteiger partial charge in [0.25, 0.3) is 0 Å². The van der Waals surface area contributed by atoms with Crippen molar-refractivity contribution in [3.8, 4) is 11.5 Å². The molecule has 1 aromatic carbocycles. The minimum Gasteiger partial charge on any atom is -0.495 e. The highest BCUT2D eigenvalue weighted by atomic mass is 32.1. The van der Waals surface area contributed by atoms with Crippen LogP contribution >= 0.6 is 11.3 Å². The smallest absolute Gasteiger partial charge is 0.184 e. The van der Waals surface area contributed by atoms with E-state index in [1.165, 1.54) is 0 Å². The summed E-state index contributed by atoms with van der Waals surface area (Å²) in [6, 6.07) is 9.60. The summed E-state index contributed by atoms with van der Waals surface area (Å²) in [5.74, 6) is 1.54. The van der Waals surface area contributed by atoms with Crippen molar-refractivity contribution in [1.82, 2.24) is 9.97 Å². The van der Waals surface area contributed by atoms with E-state index in [-0.39, 0.29) is 0 Å². The molecule has 1 N–H and O–H groups in total. The molecule has 0 radical (unpaired) electrons. The normalized spacial score (nSPS) is 10.6. The lowest BCUT2D eigenvalue weighted by Gasteiger charge is -2.03. The Labute approximate surface area is 126 Å². The van der Waals surface area contributed by atoms with E-state index >= 15 is 0 Å². The number of thiazole rings is 1. The Balaban J connectivity index is 1.90. The van der Waals surface area contributed by atoms with Crippen LogP contribution in [-0.4, -0.2) is 24.2 Å². The second-order valence-electron chi connectivity index (χ2n) is 4.34. The molecule has 0 bridgehead atoms. The van der Waals surface area contributed by atoms with E-state index < -0.39 is 0 Å². The predicted octanol–water partition coefficient (Wildman–Crippen LogP) is 3.32. The first-order valence-corrected chi connectivity index (χ1v) is 7.28. The van der Waals surface area contributed by atoms with E-state index in [0.717, 1.165) is 32.5 Å². The van der Waals surface area contributed by atoms with Crippen molar-refractivity contribution in [2.75, 3.05) is 19.5 Å². The van der Waals surface area contributed by atoms with Crippen LogP contribution in [0.2, 0.25) is 0 Å². The highest BCUT2D eigenvalue weighted by molar-refractivity contribution is 7.22. The van der Waals surface area contributed by atoms with Gasteiger partial charge < -0.3 is 14.8 Å². The number of rotatable bonds is 5. The van der Waals surface area contributed by atoms with Crippen LogP contribution in [0, 0.1) is 0 Å². The third kappa shape index (κ3) is 2.75. The Kier molecular flexibility index (Phi) is 3.87. The molecule has 21 heavy (non-hydrogen) atoms. The van der Waals surface area contributed by atoms with Crippen LogP contribution in [0.3, 0.4) is 0 Å². The number of nitrogens with one attached hydrogen (secondary N) is 1. The van der Waals surface area contributed by atoms with Gasteiger partial charge in [0.05, 0.1) is 26.5 Å². The number of hydrogen-bond donors (Lipinski definition) is 1. The van der Waals surface area contributed by atoms with Gasteiger partial charge in [-0.3, -0.25) is 4.98 Å². The monoisotopic (exact) mass is 301 g/mol. The van der Waals surface area contributed by atoms with Gasteiger partial charge in [0.2, 0.25) is 0 Å². The van der Waals surface area contributed by atoms with E-state index in [1.807, 2.05) is 30.3 Å². The third-order valence-electron chi connectivity index (χ3n) is 3.06. The second kappa shape index (κ2) is 5.97. The van der Waals surface area contributed by atoms with Crippen LogP contribution in [0.5, 0.6) is 11.5 Å². The van der Waals surface area contributed by atoms with Crippen molar-refractivity contribution in [3.63, 3.8) is 0 Å². The number of ether oxygens (including phenoxy) is 2. The van der Waals surface area contributed by atoms with Crippen LogP contribution in [0.25, 0.3) is 10.2 Å². The number of pyridine rings is 1. The Morgan fingerprint density at radius 3 is 2.62 bits per heavy atom. The van der Waals surface area contributed by atoms with Gasteiger partial charge in [0.15, 0.2) is 5.13 Å². The fourth-order valence-corrected chi connectivity index (χ4v) is 3.00. The molecule has 0 aliphatic rings. The molecule has 0 unspecified atom stereocenters. The minimum absolute atomic E-state index is 0.630. The number of anilines is 1. The van der Waals surface area contributed by atoms with Gasteiger partial charge in [0.1, 0.15) is 21.7 Å². The Morgan fingerprint density at radius 2 is 1.90 bits per heavy atom. The van der Waals surface area contributed by atoms with E-state index in [4.69, 9.17) is 9.47 Å². The predicted molar refractivity (Wildman–Crippen MR) is 84.3 cm³/mol. The number of aromatic nitrogens is 2. The SMILES string of the molecule is COc1ccc(OC)c2sc(NCc3ccccn3)nc12. The zero-order valence-electron chi connectivity index (χ0n) is 11.8. The van der Waals surface area contributed by atoms with Gasteiger partial charge in [-0.15, -0.1) is 0 Å². The molecule has 0 aliphatic carbocycles. The van der Waals surface area contributed by atoms with E-state index in [1.54, 1.807) is 31.8 Å². The lowest BCUT2D eigenvalue weighted by molar-refractivity contribution is 0.410. The average molecular weight is 301 g/mol. The molecule has 6 heteroatoms. The Bertz CT molecular complexity index is 702. The van der Waals surface area contributed by atoms with Crippen molar-refractivity contribution in [2.24, 2.45) is 0 Å². The number of benzene rings is 1. The summed E-state index contributed by atoms with van der Waals surface area (Å²) in [7, 11) is 3.30. The number of fused-ring (bicyclic) bond motifs is 1. The molecule has 5 nitrogen and oxygen atoms in total. The van der Waals surface area contributed by atoms with Crippen LogP contribution in [0.1, 0.15) is 5.69 Å². The molecule has 2 aromatic heterocycles. The summed E-state index contributed by atoms with van der Waals surface area (Å²) >= 11 is 1.54. The number of methoxy groups -OCH3 is 2. The van der Waals surface area contributed by atoms with Crippen molar-refractivity contribution >= 4 is 26.7 Å². The first-order valence-electron chi connectivity index (χ1n) is 6.47. The molecule has 2 heterocycles. The van der Waals surface area contributed by atoms with Gasteiger partial charge in [-0.25, -0.2) is 4.98 Å². The summed E-state index contributed by atoms with van der Waals surface area (Å²) in [6.45, 7) is 0.630. The fraction of sp³-hybridized carbons (Fsp3) is 0.200. The Hall–Kier alpha value is -2.34. The van der Waals surface area contributed by atoms with Crippen molar-refractivity contribution < 1.29 is 9.47 Å². The fourth-order valence-electron chi connectivity index (χ4n) is 2.03. The molecule has 0 fully saturated rings. The molecule has 0 aliphatic heterocycles. The summed E-state index contributed by atoms with van der Waals surface area (Å²) in [6.07, 6.45) is 1.78. The minimum atomic E-state index is 0.630. The van der Waals surface area contributed by atoms with Gasteiger partial charge >= 0.3 is 0 Å². The molecular formula is C15H15N3O2S. The lowest BCUT2D eigenvalue weighted by atomic mass is 10.3. The van der Waals surface area contributed by atoms with Crippen LogP contribution < -0.4 is 14.8 Å². The van der Waals surface area contributed by atoms with Gasteiger partial charge in [0, 0.05) is 6.20 Å². The van der Waals surface area contributed by atoms with Gasteiger partial charge in [-0.05, 0) is 24.3 Å². The number of hydrogen-bond acceptors (Lipinski definition) is 6. The molecule has 0 saturated carbocycles. The first kappa shape index (κ1) is 13.6. The molecule has 3 aromatic rings. The van der Waals surface area contributed by atoms with Crippen molar-refractivity contribution in [2.45, 2.75) is 6.54 Å². The van der Waals surface area contributed by atoms with Crippen molar-refractivity contribution in [1.29, 1.82) is 0 Å². The lowest BCUT2D eigenvalue weighted by Crippen LogP contribution is -2.00. The summed E-state index contributed by atoms with van der Waals surface area (Å²) in [5, 5.41) is 4.10. The molecular weight excluding hydrogens is 286 g/mol. The summed E-state index contributed by atoms with van der Waals surface area (Å²) in [5.41, 5.74) is 1.78. The van der Waals surface area contributed by atoms with Crippen LogP contribution in [0.15, 0.2) is 36.5 Å². The van der Waals surface area contributed by atoms with Gasteiger partial charge in [-0.1, -0.05) is 17.4 Å². The average Bonchev–Trinajstić information content (AvgIpc) is 2.97. The molecule has 0 saturated heterocycles. The third-order valence-corrected chi connectivity index (χ3v) is 4.08. The quantitative estimate of drug-likeness (QED) is 0.783. The molecule has 0 amide bonds. The topological polar surface area (TPSA) is 56.3 Å². The maximum absolute atomic E-state index is 5.38. The maximum Gasteiger partial charge on any atom is 0.184 e. The highest BCUT2D eigenvalue weighted by Crippen LogP contribution is 2.38. The van der Waals surface area contributed by atoms with E-state index in [0.29, 0.717) is 6.54 Å². The largest absolute Gasteiger partial charge is 0.495 e. The van der Waals surface area contributed by atoms with E-state index in [9.17, 15) is 0 Å². The second-order valence-corrected chi connectivity index (χ2v) is 5.34. The molecule has 3 rings (SSSR count). The zero-order chi connectivity index (χ0) is 14.7. The van der Waals surface area contributed by atoms with E-state index in [2.05, 4.69) is 15.3 Å². The number of nitrogens with zero attached hydrogens (tertiary/aromatic N) is 2. The zero-order valence-corrected chi connectivity index (χ0v) is 12.6. The standard InChI is InChI=1S/C15H15N3O2S/c1-19-11-6-7-12(20-2)14-13(11)18-15(21-14)17-9-10-5-3-4-8-16-10/h3-8H,9H2,1-2H3,(H,17,18). The highest BCUT2D eigenvalue weighted by Gasteiger charge is 2.13. The molecule has 0 atom stereocenters. The summed E-state index contributed by atoms with van der Waals surface area (Å²) in [4.78, 5) is 8.86. The van der Waals surface area contributed by atoms with Gasteiger partial charge in [-0.2, -0.15) is 0 Å². The van der Waals surface area contributed by atoms with Crippen LogP contribution in [0.4, 0.5) is 5.13 Å². The Morgan fingerprint density at radius 1 is 1.10 bits per heavy atom. The molecule has 108 valence electrons.